The summed E-state index contributed by atoms with van der Waals surface area (Å²) < 4.78 is 0. The molecule has 1 aliphatic carbocycles. The summed E-state index contributed by atoms with van der Waals surface area (Å²) in [5, 5.41) is 7.55. The second-order valence-electron chi connectivity index (χ2n) is 5.98. The number of nitrogens with zero attached hydrogens (tertiary/aromatic N) is 1. The summed E-state index contributed by atoms with van der Waals surface area (Å²) in [5.41, 5.74) is 1.07. The SMILES string of the molecule is CCNC(=NCC(C)(C)c1ccccc1Cl)NC1CC1. The fourth-order valence-electron chi connectivity index (χ4n) is 2.11. The van der Waals surface area contributed by atoms with Crippen LogP contribution in [0.25, 0.3) is 0 Å². The molecule has 1 fully saturated rings. The highest BCUT2D eigenvalue weighted by molar-refractivity contribution is 6.31. The van der Waals surface area contributed by atoms with Crippen LogP contribution < -0.4 is 10.6 Å². The van der Waals surface area contributed by atoms with Crippen LogP contribution >= 0.6 is 11.6 Å². The van der Waals surface area contributed by atoms with Crippen LogP contribution in [0.15, 0.2) is 29.3 Å². The molecule has 1 saturated carbocycles. The maximum atomic E-state index is 6.30. The van der Waals surface area contributed by atoms with Gasteiger partial charge in [0.1, 0.15) is 0 Å². The maximum absolute atomic E-state index is 6.30. The largest absolute Gasteiger partial charge is 0.357 e. The third kappa shape index (κ3) is 4.14. The molecule has 0 aliphatic heterocycles. The topological polar surface area (TPSA) is 36.4 Å². The first-order valence-corrected chi connectivity index (χ1v) is 7.70. The first-order valence-electron chi connectivity index (χ1n) is 7.33. The lowest BCUT2D eigenvalue weighted by Gasteiger charge is -2.25. The smallest absolute Gasteiger partial charge is 0.191 e. The number of hydrogen-bond donors (Lipinski definition) is 2. The molecule has 0 heterocycles. The molecular weight excluding hydrogens is 270 g/mol. The minimum absolute atomic E-state index is 0.0791. The van der Waals surface area contributed by atoms with Gasteiger partial charge < -0.3 is 10.6 Å². The quantitative estimate of drug-likeness (QED) is 0.645. The first kappa shape index (κ1) is 15.2. The molecule has 1 aromatic carbocycles. The zero-order chi connectivity index (χ0) is 14.6. The van der Waals surface area contributed by atoms with E-state index in [2.05, 4.69) is 37.5 Å². The van der Waals surface area contributed by atoms with Crippen LogP contribution in [0.3, 0.4) is 0 Å². The van der Waals surface area contributed by atoms with Crippen LogP contribution in [-0.4, -0.2) is 25.1 Å². The van der Waals surface area contributed by atoms with Gasteiger partial charge in [-0.2, -0.15) is 0 Å². The molecule has 0 radical (unpaired) electrons. The normalized spacial score (nSPS) is 16.1. The number of guanidine groups is 1. The summed E-state index contributed by atoms with van der Waals surface area (Å²) in [5.74, 6) is 0.912. The van der Waals surface area contributed by atoms with E-state index >= 15 is 0 Å². The van der Waals surface area contributed by atoms with Gasteiger partial charge in [0, 0.05) is 23.0 Å². The lowest BCUT2D eigenvalue weighted by molar-refractivity contribution is 0.537. The van der Waals surface area contributed by atoms with Gasteiger partial charge in [-0.05, 0) is 31.4 Å². The van der Waals surface area contributed by atoms with Crippen molar-refractivity contribution in [3.63, 3.8) is 0 Å². The van der Waals surface area contributed by atoms with E-state index in [9.17, 15) is 0 Å². The number of halogens is 1. The molecule has 1 aromatic rings. The minimum atomic E-state index is -0.0791. The van der Waals surface area contributed by atoms with Gasteiger partial charge in [0.15, 0.2) is 5.96 Å². The Morgan fingerprint density at radius 1 is 1.35 bits per heavy atom. The minimum Gasteiger partial charge on any atom is -0.357 e. The van der Waals surface area contributed by atoms with Gasteiger partial charge in [0.25, 0.3) is 0 Å². The van der Waals surface area contributed by atoms with Crippen molar-refractivity contribution in [2.75, 3.05) is 13.1 Å². The van der Waals surface area contributed by atoms with Crippen molar-refractivity contribution in [1.29, 1.82) is 0 Å². The van der Waals surface area contributed by atoms with Gasteiger partial charge in [-0.15, -0.1) is 0 Å². The Morgan fingerprint density at radius 3 is 2.65 bits per heavy atom. The summed E-state index contributed by atoms with van der Waals surface area (Å²) >= 11 is 6.30. The van der Waals surface area contributed by atoms with Gasteiger partial charge in [0.2, 0.25) is 0 Å². The number of nitrogens with one attached hydrogen (secondary N) is 2. The molecule has 0 spiro atoms. The molecular formula is C16H24ClN3. The molecule has 2 N–H and O–H groups in total. The van der Waals surface area contributed by atoms with Crippen molar-refractivity contribution in [3.05, 3.63) is 34.9 Å². The number of rotatable bonds is 5. The molecule has 0 bridgehead atoms. The molecule has 1 aliphatic rings. The van der Waals surface area contributed by atoms with E-state index < -0.39 is 0 Å². The zero-order valence-corrected chi connectivity index (χ0v) is 13.3. The van der Waals surface area contributed by atoms with E-state index in [-0.39, 0.29) is 5.41 Å². The molecule has 4 heteroatoms. The Kier molecular flexibility index (Phi) is 4.92. The van der Waals surface area contributed by atoms with E-state index in [0.29, 0.717) is 12.6 Å². The fraction of sp³-hybridized carbons (Fsp3) is 0.562. The predicted molar refractivity (Wildman–Crippen MR) is 86.6 cm³/mol. The van der Waals surface area contributed by atoms with Crippen molar-refractivity contribution in [1.82, 2.24) is 10.6 Å². The highest BCUT2D eigenvalue weighted by Gasteiger charge is 2.25. The van der Waals surface area contributed by atoms with Crippen molar-refractivity contribution in [3.8, 4) is 0 Å². The van der Waals surface area contributed by atoms with E-state index in [0.717, 1.165) is 23.1 Å². The molecule has 0 aromatic heterocycles. The average molecular weight is 294 g/mol. The van der Waals surface area contributed by atoms with Gasteiger partial charge in [-0.1, -0.05) is 43.6 Å². The summed E-state index contributed by atoms with van der Waals surface area (Å²) in [4.78, 5) is 4.72. The highest BCUT2D eigenvalue weighted by atomic mass is 35.5. The maximum Gasteiger partial charge on any atom is 0.191 e. The van der Waals surface area contributed by atoms with Crippen molar-refractivity contribution in [2.45, 2.75) is 45.1 Å². The third-order valence-electron chi connectivity index (χ3n) is 3.50. The molecule has 2 rings (SSSR count). The molecule has 0 saturated heterocycles. The standard InChI is InChI=1S/C16H24ClN3/c1-4-18-15(20-12-9-10-12)19-11-16(2,3)13-7-5-6-8-14(13)17/h5-8,12H,4,9-11H2,1-3H3,(H2,18,19,20). The summed E-state index contributed by atoms with van der Waals surface area (Å²) in [6.07, 6.45) is 2.50. The van der Waals surface area contributed by atoms with Crippen molar-refractivity contribution < 1.29 is 0 Å². The lowest BCUT2D eigenvalue weighted by atomic mass is 9.85. The lowest BCUT2D eigenvalue weighted by Crippen LogP contribution is -2.39. The molecule has 20 heavy (non-hydrogen) atoms. The van der Waals surface area contributed by atoms with E-state index in [1.807, 2.05) is 18.2 Å². The van der Waals surface area contributed by atoms with Gasteiger partial charge in [-0.25, -0.2) is 0 Å². The van der Waals surface area contributed by atoms with E-state index in [1.165, 1.54) is 12.8 Å². The molecule has 3 nitrogen and oxygen atoms in total. The van der Waals surface area contributed by atoms with Gasteiger partial charge >= 0.3 is 0 Å². The van der Waals surface area contributed by atoms with Crippen LogP contribution in [0.2, 0.25) is 5.02 Å². The molecule has 0 atom stereocenters. The molecule has 0 unspecified atom stereocenters. The Balaban J connectivity index is 2.07. The summed E-state index contributed by atoms with van der Waals surface area (Å²) in [7, 11) is 0. The fourth-order valence-corrected chi connectivity index (χ4v) is 2.50. The molecule has 0 amide bonds. The third-order valence-corrected chi connectivity index (χ3v) is 3.83. The van der Waals surface area contributed by atoms with E-state index in [1.54, 1.807) is 0 Å². The second kappa shape index (κ2) is 6.49. The number of hydrogen-bond acceptors (Lipinski definition) is 1. The summed E-state index contributed by atoms with van der Waals surface area (Å²) in [6, 6.07) is 8.62. The zero-order valence-electron chi connectivity index (χ0n) is 12.5. The van der Waals surface area contributed by atoms with Crippen LogP contribution in [0.5, 0.6) is 0 Å². The van der Waals surface area contributed by atoms with Gasteiger partial charge in [0.05, 0.1) is 6.54 Å². The second-order valence-corrected chi connectivity index (χ2v) is 6.38. The number of benzene rings is 1. The van der Waals surface area contributed by atoms with E-state index in [4.69, 9.17) is 16.6 Å². The van der Waals surface area contributed by atoms with Crippen LogP contribution in [0.4, 0.5) is 0 Å². The first-order chi connectivity index (χ1) is 9.53. The Bertz CT molecular complexity index is 478. The summed E-state index contributed by atoms with van der Waals surface area (Å²) in [6.45, 7) is 8.03. The Morgan fingerprint density at radius 2 is 2.05 bits per heavy atom. The van der Waals surface area contributed by atoms with Gasteiger partial charge in [-0.3, -0.25) is 4.99 Å². The Hall–Kier alpha value is -1.22. The van der Waals surface area contributed by atoms with Crippen molar-refractivity contribution >= 4 is 17.6 Å². The number of aliphatic imine (C=N–C) groups is 1. The van der Waals surface area contributed by atoms with Crippen molar-refractivity contribution in [2.24, 2.45) is 4.99 Å². The van der Waals surface area contributed by atoms with Crippen LogP contribution in [0, 0.1) is 0 Å². The monoisotopic (exact) mass is 293 g/mol. The Labute approximate surface area is 126 Å². The highest BCUT2D eigenvalue weighted by Crippen LogP contribution is 2.29. The predicted octanol–water partition coefficient (Wildman–Crippen LogP) is 3.34. The average Bonchev–Trinajstić information content (AvgIpc) is 3.21. The van der Waals surface area contributed by atoms with Crippen LogP contribution in [0.1, 0.15) is 39.2 Å². The molecule has 110 valence electrons. The van der Waals surface area contributed by atoms with Crippen LogP contribution in [-0.2, 0) is 5.41 Å².